The van der Waals surface area contributed by atoms with E-state index in [9.17, 15) is 18.0 Å². The van der Waals surface area contributed by atoms with Crippen LogP contribution < -0.4 is 4.72 Å². The number of nitrogens with zero attached hydrogens (tertiary/aromatic N) is 2. The van der Waals surface area contributed by atoms with Crippen molar-refractivity contribution < 1.29 is 27.2 Å². The van der Waals surface area contributed by atoms with Crippen molar-refractivity contribution in [3.8, 4) is 0 Å². The Morgan fingerprint density at radius 3 is 2.27 bits per heavy atom. The smallest absolute Gasteiger partial charge is 0.410 e. The van der Waals surface area contributed by atoms with Gasteiger partial charge >= 0.3 is 6.09 Å². The summed E-state index contributed by atoms with van der Waals surface area (Å²) in [6.07, 6.45) is 1.94. The van der Waals surface area contributed by atoms with E-state index in [-0.39, 0.29) is 34.9 Å². The number of carbonyl (C=O) groups is 2. The SMILES string of the molecule is CC(C)(C)OC(=O)N1CCN(C(=O)C2CCC(NS(=O)(=O)c3ccc4oc5ccccc5c4c3)CC2)[C@@H](c2ccccc2)C1. The number of amides is 2. The molecule has 0 bridgehead atoms. The number of sulfonamides is 1. The van der Waals surface area contributed by atoms with E-state index in [0.717, 1.165) is 16.3 Å². The maximum atomic E-state index is 13.9. The van der Waals surface area contributed by atoms with Gasteiger partial charge in [0.15, 0.2) is 0 Å². The van der Waals surface area contributed by atoms with Crippen molar-refractivity contribution in [3.05, 3.63) is 78.4 Å². The van der Waals surface area contributed by atoms with E-state index in [2.05, 4.69) is 4.72 Å². The molecule has 0 spiro atoms. The number of piperazine rings is 1. The maximum absolute atomic E-state index is 13.9. The quantitative estimate of drug-likeness (QED) is 0.284. The molecule has 2 heterocycles. The monoisotopic (exact) mass is 617 g/mol. The number of carbonyl (C=O) groups excluding carboxylic acids is 2. The molecular formula is C34H39N3O6S. The number of fused-ring (bicyclic) bond motifs is 3. The number of para-hydroxylation sites is 1. The van der Waals surface area contributed by atoms with Crippen molar-refractivity contribution in [1.29, 1.82) is 0 Å². The van der Waals surface area contributed by atoms with E-state index in [1.54, 1.807) is 23.1 Å². The highest BCUT2D eigenvalue weighted by Gasteiger charge is 2.39. The molecule has 2 fully saturated rings. The Kier molecular flexibility index (Phi) is 8.15. The van der Waals surface area contributed by atoms with Crippen molar-refractivity contribution in [2.24, 2.45) is 5.92 Å². The zero-order chi connectivity index (χ0) is 31.1. The molecule has 2 amide bonds. The van der Waals surface area contributed by atoms with Crippen molar-refractivity contribution in [1.82, 2.24) is 14.5 Å². The first-order valence-electron chi connectivity index (χ1n) is 15.3. The summed E-state index contributed by atoms with van der Waals surface area (Å²) in [6.45, 7) is 6.70. The Balaban J connectivity index is 1.11. The summed E-state index contributed by atoms with van der Waals surface area (Å²) in [5.74, 6) is -0.148. The third-order valence-electron chi connectivity index (χ3n) is 8.56. The number of nitrogens with one attached hydrogen (secondary N) is 1. The van der Waals surface area contributed by atoms with E-state index >= 15 is 0 Å². The Hall–Kier alpha value is -3.89. The highest BCUT2D eigenvalue weighted by molar-refractivity contribution is 7.89. The summed E-state index contributed by atoms with van der Waals surface area (Å²) in [6, 6.07) is 21.8. The van der Waals surface area contributed by atoms with Crippen LogP contribution in [0.15, 0.2) is 82.1 Å². The second kappa shape index (κ2) is 11.9. The average Bonchev–Trinajstić information content (AvgIpc) is 3.38. The number of ether oxygens (including phenoxy) is 1. The molecule has 232 valence electrons. The van der Waals surface area contributed by atoms with E-state index in [4.69, 9.17) is 9.15 Å². The van der Waals surface area contributed by atoms with Crippen LogP contribution in [0.1, 0.15) is 58.1 Å². The molecule has 1 N–H and O–H groups in total. The summed E-state index contributed by atoms with van der Waals surface area (Å²) in [4.78, 5) is 30.6. The largest absolute Gasteiger partial charge is 0.456 e. The van der Waals surface area contributed by atoms with Gasteiger partial charge in [0, 0.05) is 42.4 Å². The second-order valence-corrected chi connectivity index (χ2v) is 14.5. The van der Waals surface area contributed by atoms with Crippen LogP contribution >= 0.6 is 0 Å². The van der Waals surface area contributed by atoms with Gasteiger partial charge in [-0.05, 0) is 76.3 Å². The lowest BCUT2D eigenvalue weighted by Gasteiger charge is -2.43. The highest BCUT2D eigenvalue weighted by Crippen LogP contribution is 2.34. The molecule has 0 radical (unpaired) electrons. The number of benzene rings is 3. The lowest BCUT2D eigenvalue weighted by molar-refractivity contribution is -0.142. The normalized spacial score (nSPS) is 21.5. The molecule has 10 heteroatoms. The molecular weight excluding hydrogens is 578 g/mol. The van der Waals surface area contributed by atoms with E-state index in [1.165, 1.54) is 0 Å². The summed E-state index contributed by atoms with van der Waals surface area (Å²) in [7, 11) is -3.76. The van der Waals surface area contributed by atoms with Gasteiger partial charge < -0.3 is 19.0 Å². The first kappa shape index (κ1) is 30.1. The summed E-state index contributed by atoms with van der Waals surface area (Å²) >= 11 is 0. The van der Waals surface area contributed by atoms with Gasteiger partial charge in [0.1, 0.15) is 16.8 Å². The molecule has 1 aromatic heterocycles. The summed E-state index contributed by atoms with van der Waals surface area (Å²) < 4.78 is 41.1. The highest BCUT2D eigenvalue weighted by atomic mass is 32.2. The summed E-state index contributed by atoms with van der Waals surface area (Å²) in [5.41, 5.74) is 1.73. The summed E-state index contributed by atoms with van der Waals surface area (Å²) in [5, 5.41) is 1.64. The van der Waals surface area contributed by atoms with Crippen LogP contribution in [-0.4, -0.2) is 61.5 Å². The van der Waals surface area contributed by atoms with Gasteiger partial charge in [-0.2, -0.15) is 0 Å². The average molecular weight is 618 g/mol. The number of hydrogen-bond donors (Lipinski definition) is 1. The zero-order valence-corrected chi connectivity index (χ0v) is 26.2. The molecule has 1 saturated carbocycles. The minimum atomic E-state index is -3.76. The lowest BCUT2D eigenvalue weighted by atomic mass is 9.85. The predicted octanol–water partition coefficient (Wildman–Crippen LogP) is 6.24. The Bertz CT molecular complexity index is 1770. The zero-order valence-electron chi connectivity index (χ0n) is 25.4. The van der Waals surface area contributed by atoms with Crippen LogP contribution in [0.25, 0.3) is 21.9 Å². The van der Waals surface area contributed by atoms with Crippen LogP contribution in [0.2, 0.25) is 0 Å². The fraction of sp³-hybridized carbons (Fsp3) is 0.412. The molecule has 44 heavy (non-hydrogen) atoms. The first-order chi connectivity index (χ1) is 21.0. The molecule has 1 aliphatic heterocycles. The van der Waals surface area contributed by atoms with Crippen molar-refractivity contribution >= 4 is 44.0 Å². The maximum Gasteiger partial charge on any atom is 0.410 e. The molecule has 1 saturated heterocycles. The first-order valence-corrected chi connectivity index (χ1v) is 16.7. The molecule has 6 rings (SSSR count). The minimum Gasteiger partial charge on any atom is -0.456 e. The minimum absolute atomic E-state index is 0.0567. The van der Waals surface area contributed by atoms with Gasteiger partial charge in [-0.15, -0.1) is 0 Å². The molecule has 1 atom stereocenters. The number of furan rings is 1. The Labute approximate surface area is 258 Å². The molecule has 3 aromatic carbocycles. The van der Waals surface area contributed by atoms with Crippen molar-refractivity contribution in [2.75, 3.05) is 19.6 Å². The van der Waals surface area contributed by atoms with Crippen LogP contribution in [-0.2, 0) is 19.6 Å². The third kappa shape index (κ3) is 6.32. The van der Waals surface area contributed by atoms with Crippen LogP contribution in [0.5, 0.6) is 0 Å². The van der Waals surface area contributed by atoms with E-state index in [1.807, 2.05) is 80.3 Å². The van der Waals surface area contributed by atoms with Crippen molar-refractivity contribution in [2.45, 2.75) is 69.0 Å². The topological polar surface area (TPSA) is 109 Å². The number of rotatable bonds is 5. The number of hydrogen-bond acceptors (Lipinski definition) is 6. The van der Waals surface area contributed by atoms with Gasteiger partial charge in [-0.3, -0.25) is 4.79 Å². The third-order valence-corrected chi connectivity index (χ3v) is 10.1. The Morgan fingerprint density at radius 2 is 1.55 bits per heavy atom. The standard InChI is InChI=1S/C34H39N3O6S/c1-34(2,3)43-33(39)36-19-20-37(29(22-36)23-9-5-4-6-10-23)32(38)24-13-15-25(16-14-24)35-44(40,41)26-17-18-31-28(21-26)27-11-7-8-12-30(27)42-31/h4-12,17-18,21,24-25,29,35H,13-16,19-20,22H2,1-3H3/t24?,25?,29-/m1/s1. The molecule has 9 nitrogen and oxygen atoms in total. The lowest BCUT2D eigenvalue weighted by Crippen LogP contribution is -2.54. The van der Waals surface area contributed by atoms with Gasteiger partial charge in [0.2, 0.25) is 15.9 Å². The van der Waals surface area contributed by atoms with Gasteiger partial charge in [-0.25, -0.2) is 17.9 Å². The van der Waals surface area contributed by atoms with Crippen LogP contribution in [0.3, 0.4) is 0 Å². The molecule has 1 aliphatic carbocycles. The van der Waals surface area contributed by atoms with Crippen LogP contribution in [0, 0.1) is 5.92 Å². The van der Waals surface area contributed by atoms with E-state index in [0.29, 0.717) is 56.5 Å². The molecule has 2 aliphatic rings. The molecule has 4 aromatic rings. The van der Waals surface area contributed by atoms with Crippen molar-refractivity contribution in [3.63, 3.8) is 0 Å². The fourth-order valence-corrected chi connectivity index (χ4v) is 7.68. The molecule has 0 unspecified atom stereocenters. The Morgan fingerprint density at radius 1 is 0.864 bits per heavy atom. The van der Waals surface area contributed by atoms with E-state index < -0.39 is 15.6 Å². The second-order valence-electron chi connectivity index (χ2n) is 12.8. The van der Waals surface area contributed by atoms with Crippen LogP contribution in [0.4, 0.5) is 4.79 Å². The predicted molar refractivity (Wildman–Crippen MR) is 168 cm³/mol. The van der Waals surface area contributed by atoms with Gasteiger partial charge in [-0.1, -0.05) is 48.5 Å². The van der Waals surface area contributed by atoms with Gasteiger partial charge in [0.25, 0.3) is 0 Å². The van der Waals surface area contributed by atoms with Gasteiger partial charge in [0.05, 0.1) is 10.9 Å². The fourth-order valence-electron chi connectivity index (χ4n) is 6.35.